The van der Waals surface area contributed by atoms with E-state index in [1.807, 2.05) is 0 Å². The number of carbonyl (C=O) groups is 1. The van der Waals surface area contributed by atoms with Gasteiger partial charge in [-0.2, -0.15) is 0 Å². The normalized spacial score (nSPS) is 35.2. The van der Waals surface area contributed by atoms with Crippen LogP contribution in [0.3, 0.4) is 0 Å². The van der Waals surface area contributed by atoms with Crippen LogP contribution in [0.1, 0.15) is 111 Å². The van der Waals surface area contributed by atoms with Gasteiger partial charge in [0, 0.05) is 13.0 Å². The predicted molar refractivity (Wildman–Crippen MR) is 137 cm³/mol. The largest absolute Gasteiger partial charge is 0.417 e. The van der Waals surface area contributed by atoms with E-state index in [1.54, 1.807) is 0 Å². The lowest BCUT2D eigenvalue weighted by molar-refractivity contribution is -0.116. The van der Waals surface area contributed by atoms with Gasteiger partial charge in [-0.15, -0.1) is 0 Å². The summed E-state index contributed by atoms with van der Waals surface area (Å²) < 4.78 is 6.38. The molecule has 4 aliphatic rings. The number of unbranched alkanes of at least 4 members (excludes halogenated alkanes) is 3. The summed E-state index contributed by atoms with van der Waals surface area (Å²) in [6.45, 7) is 12.7. The number of hydrogen-bond acceptors (Lipinski definition) is 2. The van der Waals surface area contributed by atoms with Crippen molar-refractivity contribution in [3.05, 3.63) is 11.6 Å². The molecule has 4 rings (SSSR count). The molecule has 3 fully saturated rings. The fraction of sp³-hybridized carbons (Fsp3) is 0.897. The monoisotopic (exact) mass is 458 g/mol. The van der Waals surface area contributed by atoms with Crippen LogP contribution in [0.25, 0.3) is 0 Å². The van der Waals surface area contributed by atoms with Crippen LogP contribution in [0, 0.1) is 29.1 Å². The molecule has 0 heterocycles. The van der Waals surface area contributed by atoms with Crippen LogP contribution in [0.5, 0.6) is 0 Å². The van der Waals surface area contributed by atoms with Gasteiger partial charge < -0.3 is 4.43 Å². The summed E-state index contributed by atoms with van der Waals surface area (Å²) in [6.07, 6.45) is 20.9. The van der Waals surface area contributed by atoms with Crippen molar-refractivity contribution < 1.29 is 9.22 Å². The zero-order valence-electron chi connectivity index (χ0n) is 21.8. The molecule has 0 aromatic heterocycles. The van der Waals surface area contributed by atoms with Crippen LogP contribution in [0.15, 0.2) is 11.6 Å². The summed E-state index contributed by atoms with van der Waals surface area (Å²) in [5.41, 5.74) is 2.21. The van der Waals surface area contributed by atoms with Crippen molar-refractivity contribution >= 4 is 14.1 Å². The molecule has 0 spiro atoms. The summed E-state index contributed by atoms with van der Waals surface area (Å²) in [6, 6.07) is 0. The molecule has 0 aliphatic heterocycles. The van der Waals surface area contributed by atoms with Gasteiger partial charge in [-0.1, -0.05) is 52.0 Å². The molecule has 0 radical (unpaired) electrons. The SMILES string of the molecule is CC(C)(C)[Si](C)(C)OCCCCCC[C@@]12CCC[C@H]1[C@@H]1CCC3=CC(=O)CC[C@@H]3[C@H]1CC2. The van der Waals surface area contributed by atoms with E-state index in [0.29, 0.717) is 16.2 Å². The average molecular weight is 459 g/mol. The minimum absolute atomic E-state index is 0.325. The number of allylic oxidation sites excluding steroid dienone is 1. The molecule has 3 heteroatoms. The quantitative estimate of drug-likeness (QED) is 0.269. The third-order valence-corrected chi connectivity index (χ3v) is 15.2. The maximum absolute atomic E-state index is 11.9. The lowest BCUT2D eigenvalue weighted by Gasteiger charge is -2.54. The topological polar surface area (TPSA) is 26.3 Å². The van der Waals surface area contributed by atoms with Crippen molar-refractivity contribution in [3.63, 3.8) is 0 Å². The van der Waals surface area contributed by atoms with E-state index in [9.17, 15) is 4.79 Å². The molecule has 4 aliphatic carbocycles. The smallest absolute Gasteiger partial charge is 0.191 e. The third-order valence-electron chi connectivity index (χ3n) is 10.7. The molecule has 3 saturated carbocycles. The molecule has 5 atom stereocenters. The number of fused-ring (bicyclic) bond motifs is 5. The molecule has 32 heavy (non-hydrogen) atoms. The summed E-state index contributed by atoms with van der Waals surface area (Å²) in [5, 5.41) is 0.325. The summed E-state index contributed by atoms with van der Waals surface area (Å²) in [7, 11) is -1.57. The first-order chi connectivity index (χ1) is 15.1. The zero-order chi connectivity index (χ0) is 23.0. The van der Waals surface area contributed by atoms with Crippen molar-refractivity contribution in [2.24, 2.45) is 29.1 Å². The van der Waals surface area contributed by atoms with Crippen molar-refractivity contribution in [1.29, 1.82) is 0 Å². The molecule has 182 valence electrons. The minimum atomic E-state index is -1.57. The van der Waals surface area contributed by atoms with Gasteiger partial charge in [0.05, 0.1) is 0 Å². The van der Waals surface area contributed by atoms with Crippen LogP contribution in [0.4, 0.5) is 0 Å². The number of ketones is 1. The Balaban J connectivity index is 1.24. The molecule has 0 aromatic rings. The van der Waals surface area contributed by atoms with E-state index in [0.717, 1.165) is 43.1 Å². The van der Waals surface area contributed by atoms with Crippen molar-refractivity contribution in [2.45, 2.75) is 129 Å². The van der Waals surface area contributed by atoms with Crippen LogP contribution in [0.2, 0.25) is 18.1 Å². The van der Waals surface area contributed by atoms with Gasteiger partial charge in [-0.05, 0) is 111 Å². The second-order valence-electron chi connectivity index (χ2n) is 13.4. The van der Waals surface area contributed by atoms with Gasteiger partial charge in [-0.25, -0.2) is 0 Å². The Kier molecular flexibility index (Phi) is 7.47. The number of carbonyl (C=O) groups excluding carboxylic acids is 1. The van der Waals surface area contributed by atoms with Gasteiger partial charge in [0.15, 0.2) is 14.1 Å². The first-order valence-electron chi connectivity index (χ1n) is 14.0. The van der Waals surface area contributed by atoms with Crippen molar-refractivity contribution in [2.75, 3.05) is 6.61 Å². The molecule has 0 amide bonds. The maximum atomic E-state index is 11.9. The number of rotatable bonds is 8. The van der Waals surface area contributed by atoms with Crippen LogP contribution >= 0.6 is 0 Å². The van der Waals surface area contributed by atoms with E-state index in [4.69, 9.17) is 4.43 Å². The van der Waals surface area contributed by atoms with E-state index in [2.05, 4.69) is 39.9 Å². The number of hydrogen-bond donors (Lipinski definition) is 0. The standard InChI is InChI=1S/C29H50O2Si/c1-28(2,3)32(4,5)31-20-9-7-6-8-17-29-18-10-11-27(29)26-14-12-22-21-23(30)13-15-24(22)25(26)16-19-29/h21,24-27H,6-20H2,1-5H3/t24-,25+,26+,27-,29-/m0/s1. The molecular weight excluding hydrogens is 408 g/mol. The average Bonchev–Trinajstić information content (AvgIpc) is 3.16. The predicted octanol–water partition coefficient (Wildman–Crippen LogP) is 8.47. The Bertz CT molecular complexity index is 702. The molecule has 2 nitrogen and oxygen atoms in total. The zero-order valence-corrected chi connectivity index (χ0v) is 22.8. The second kappa shape index (κ2) is 9.68. The van der Waals surface area contributed by atoms with Crippen LogP contribution < -0.4 is 0 Å². The Morgan fingerprint density at radius 2 is 1.75 bits per heavy atom. The van der Waals surface area contributed by atoms with Gasteiger partial charge in [0.25, 0.3) is 0 Å². The molecule has 0 N–H and O–H groups in total. The van der Waals surface area contributed by atoms with Gasteiger partial charge in [0.1, 0.15) is 0 Å². The Morgan fingerprint density at radius 1 is 0.969 bits per heavy atom. The molecule has 0 aromatic carbocycles. The van der Waals surface area contributed by atoms with Crippen LogP contribution in [-0.2, 0) is 9.22 Å². The first kappa shape index (κ1) is 24.7. The fourth-order valence-corrected chi connectivity index (χ4v) is 8.97. The highest BCUT2D eigenvalue weighted by Crippen LogP contribution is 2.63. The fourth-order valence-electron chi connectivity index (χ4n) is 7.89. The highest BCUT2D eigenvalue weighted by Gasteiger charge is 2.53. The molecule has 0 saturated heterocycles. The van der Waals surface area contributed by atoms with Gasteiger partial charge in [0.2, 0.25) is 0 Å². The highest BCUT2D eigenvalue weighted by molar-refractivity contribution is 6.74. The molecule has 0 unspecified atom stereocenters. The lowest BCUT2D eigenvalue weighted by atomic mass is 9.51. The lowest BCUT2D eigenvalue weighted by Crippen LogP contribution is -2.45. The maximum Gasteiger partial charge on any atom is 0.191 e. The Hall–Kier alpha value is -0.413. The van der Waals surface area contributed by atoms with Crippen molar-refractivity contribution in [3.8, 4) is 0 Å². The minimum Gasteiger partial charge on any atom is -0.417 e. The van der Waals surface area contributed by atoms with Crippen molar-refractivity contribution in [1.82, 2.24) is 0 Å². The highest BCUT2D eigenvalue weighted by atomic mass is 28.4. The van der Waals surface area contributed by atoms with Gasteiger partial charge >= 0.3 is 0 Å². The molecular formula is C29H50O2Si. The van der Waals surface area contributed by atoms with Gasteiger partial charge in [-0.3, -0.25) is 4.79 Å². The summed E-state index contributed by atoms with van der Waals surface area (Å²) >= 11 is 0. The van der Waals surface area contributed by atoms with E-state index in [-0.39, 0.29) is 0 Å². The van der Waals surface area contributed by atoms with E-state index < -0.39 is 8.32 Å². The second-order valence-corrected chi connectivity index (χ2v) is 18.2. The summed E-state index contributed by atoms with van der Waals surface area (Å²) in [4.78, 5) is 11.9. The van der Waals surface area contributed by atoms with E-state index >= 15 is 0 Å². The van der Waals surface area contributed by atoms with E-state index in [1.165, 1.54) is 82.6 Å². The third kappa shape index (κ3) is 4.99. The van der Waals surface area contributed by atoms with Crippen LogP contribution in [-0.4, -0.2) is 20.7 Å². The molecule has 0 bridgehead atoms. The summed E-state index contributed by atoms with van der Waals surface area (Å²) in [5.74, 6) is 4.00. The first-order valence-corrected chi connectivity index (χ1v) is 16.9. The Labute approximate surface area is 199 Å². The Morgan fingerprint density at radius 3 is 2.53 bits per heavy atom.